The molecule has 128 valence electrons. The Kier molecular flexibility index (Phi) is 3.58. The van der Waals surface area contributed by atoms with Crippen molar-refractivity contribution >= 4 is 17.2 Å². The van der Waals surface area contributed by atoms with Gasteiger partial charge in [0, 0.05) is 30.4 Å². The number of carbonyl (C=O) groups is 1. The van der Waals surface area contributed by atoms with E-state index >= 15 is 0 Å². The Balaban J connectivity index is 1.62. The molecule has 0 aliphatic carbocycles. The Bertz CT molecular complexity index is 739. The molecule has 4 rings (SSSR count). The first kappa shape index (κ1) is 16.1. The predicted octanol–water partition coefficient (Wildman–Crippen LogP) is 2.24. The Hall–Kier alpha value is -1.35. The summed E-state index contributed by atoms with van der Waals surface area (Å²) in [5.41, 5.74) is -1.20. The molecule has 0 aromatic carbocycles. The highest BCUT2D eigenvalue weighted by atomic mass is 32.1. The molecule has 1 N–H and O–H groups in total. The minimum Gasteiger partial charge on any atom is -0.378 e. The van der Waals surface area contributed by atoms with Crippen molar-refractivity contribution in [2.75, 3.05) is 20.1 Å². The van der Waals surface area contributed by atoms with Crippen molar-refractivity contribution in [1.29, 1.82) is 0 Å². The molecule has 3 atom stereocenters. The van der Waals surface area contributed by atoms with Crippen LogP contribution < -0.4 is 0 Å². The molecule has 1 aromatic heterocycles. The maximum Gasteiger partial charge on any atom is 0.243 e. The standard InChI is InChI=1S/C19H24N2O2S/c1-18(2,23)9-7-14-5-6-16(24-14)15-11-13-12-20(3)17(22)19(13)8-4-10-21(15)19/h5-6,13,15,23H,4,8,10-12H2,1-3H3/t13-,15-,19-/m0/s1. The first-order chi connectivity index (χ1) is 11.3. The molecule has 1 aromatic rings. The fourth-order valence-corrected chi connectivity index (χ4v) is 5.77. The van der Waals surface area contributed by atoms with Gasteiger partial charge in [-0.25, -0.2) is 0 Å². The van der Waals surface area contributed by atoms with Gasteiger partial charge in [-0.2, -0.15) is 0 Å². The summed E-state index contributed by atoms with van der Waals surface area (Å²) in [4.78, 5) is 19.5. The van der Waals surface area contributed by atoms with E-state index in [9.17, 15) is 9.90 Å². The molecule has 0 saturated carbocycles. The van der Waals surface area contributed by atoms with Gasteiger partial charge < -0.3 is 10.0 Å². The second kappa shape index (κ2) is 5.32. The van der Waals surface area contributed by atoms with E-state index in [4.69, 9.17) is 0 Å². The molecule has 3 saturated heterocycles. The van der Waals surface area contributed by atoms with Crippen LogP contribution in [0.3, 0.4) is 0 Å². The largest absolute Gasteiger partial charge is 0.378 e. The molecule has 3 aliphatic heterocycles. The molecule has 4 heterocycles. The zero-order valence-corrected chi connectivity index (χ0v) is 15.3. The lowest BCUT2D eigenvalue weighted by molar-refractivity contribution is -0.135. The van der Waals surface area contributed by atoms with E-state index in [-0.39, 0.29) is 5.54 Å². The van der Waals surface area contributed by atoms with Crippen molar-refractivity contribution in [3.8, 4) is 11.8 Å². The highest BCUT2D eigenvalue weighted by molar-refractivity contribution is 7.12. The van der Waals surface area contributed by atoms with Crippen molar-refractivity contribution in [2.24, 2.45) is 5.92 Å². The average molecular weight is 344 g/mol. The molecular weight excluding hydrogens is 320 g/mol. The summed E-state index contributed by atoms with van der Waals surface area (Å²) in [5.74, 6) is 6.74. The molecule has 1 spiro atoms. The number of nitrogens with zero attached hydrogens (tertiary/aromatic N) is 2. The van der Waals surface area contributed by atoms with E-state index < -0.39 is 5.60 Å². The molecule has 3 fully saturated rings. The van der Waals surface area contributed by atoms with E-state index in [2.05, 4.69) is 22.8 Å². The Morgan fingerprint density at radius 2 is 2.21 bits per heavy atom. The number of amides is 1. The minimum atomic E-state index is -0.968. The topological polar surface area (TPSA) is 43.8 Å². The van der Waals surface area contributed by atoms with Crippen LogP contribution in [0.25, 0.3) is 0 Å². The van der Waals surface area contributed by atoms with Crippen LogP contribution >= 0.6 is 11.3 Å². The molecule has 0 unspecified atom stereocenters. The van der Waals surface area contributed by atoms with Gasteiger partial charge in [-0.15, -0.1) is 11.3 Å². The summed E-state index contributed by atoms with van der Waals surface area (Å²) in [7, 11) is 1.94. The van der Waals surface area contributed by atoms with Crippen LogP contribution in [0.15, 0.2) is 12.1 Å². The quantitative estimate of drug-likeness (QED) is 0.795. The van der Waals surface area contributed by atoms with Crippen molar-refractivity contribution in [2.45, 2.75) is 50.3 Å². The monoisotopic (exact) mass is 344 g/mol. The van der Waals surface area contributed by atoms with E-state index in [0.29, 0.717) is 17.9 Å². The van der Waals surface area contributed by atoms with E-state index in [1.54, 1.807) is 25.2 Å². The van der Waals surface area contributed by atoms with E-state index in [1.165, 1.54) is 4.88 Å². The third kappa shape index (κ3) is 2.32. The number of rotatable bonds is 1. The van der Waals surface area contributed by atoms with Crippen LogP contribution in [0, 0.1) is 17.8 Å². The Morgan fingerprint density at radius 3 is 2.96 bits per heavy atom. The van der Waals surface area contributed by atoms with Crippen molar-refractivity contribution < 1.29 is 9.90 Å². The van der Waals surface area contributed by atoms with E-state index in [0.717, 1.165) is 37.2 Å². The summed E-state index contributed by atoms with van der Waals surface area (Å²) in [6.07, 6.45) is 3.19. The lowest BCUT2D eigenvalue weighted by Crippen LogP contribution is -2.49. The Labute approximate surface area is 147 Å². The summed E-state index contributed by atoms with van der Waals surface area (Å²) in [5, 5.41) is 9.76. The fraction of sp³-hybridized carbons (Fsp3) is 0.632. The van der Waals surface area contributed by atoms with E-state index in [1.807, 2.05) is 18.0 Å². The third-order valence-corrected chi connectivity index (χ3v) is 6.79. The van der Waals surface area contributed by atoms with Crippen LogP contribution in [0.4, 0.5) is 0 Å². The first-order valence-electron chi connectivity index (χ1n) is 8.69. The SMILES string of the molecule is CN1C[C@@H]2C[C@@H](c3ccc(C#CC(C)(C)O)s3)N3CCC[C@@]23C1=O. The van der Waals surface area contributed by atoms with Gasteiger partial charge in [0.25, 0.3) is 0 Å². The smallest absolute Gasteiger partial charge is 0.243 e. The van der Waals surface area contributed by atoms with Gasteiger partial charge in [0.1, 0.15) is 11.1 Å². The van der Waals surface area contributed by atoms with Crippen LogP contribution in [0.2, 0.25) is 0 Å². The van der Waals surface area contributed by atoms with Gasteiger partial charge in [0.15, 0.2) is 0 Å². The maximum absolute atomic E-state index is 12.8. The number of hydrogen-bond acceptors (Lipinski definition) is 4. The third-order valence-electron chi connectivity index (χ3n) is 5.69. The summed E-state index contributed by atoms with van der Waals surface area (Å²) < 4.78 is 0. The highest BCUT2D eigenvalue weighted by Gasteiger charge is 2.64. The van der Waals surface area contributed by atoms with Crippen molar-refractivity contribution in [1.82, 2.24) is 9.80 Å². The van der Waals surface area contributed by atoms with Crippen molar-refractivity contribution in [3.05, 3.63) is 21.9 Å². The molecule has 4 nitrogen and oxygen atoms in total. The molecule has 0 radical (unpaired) electrons. The molecule has 1 amide bonds. The lowest BCUT2D eigenvalue weighted by atomic mass is 9.85. The van der Waals surface area contributed by atoms with Gasteiger partial charge in [0.05, 0.1) is 4.88 Å². The zero-order valence-electron chi connectivity index (χ0n) is 14.5. The molecular formula is C19H24N2O2S. The second-order valence-electron chi connectivity index (χ2n) is 7.87. The number of aliphatic hydroxyl groups is 1. The normalized spacial score (nSPS) is 32.7. The molecule has 24 heavy (non-hydrogen) atoms. The lowest BCUT2D eigenvalue weighted by Gasteiger charge is -2.32. The summed E-state index contributed by atoms with van der Waals surface area (Å²) in [6.45, 7) is 5.30. The fourth-order valence-electron chi connectivity index (χ4n) is 4.78. The summed E-state index contributed by atoms with van der Waals surface area (Å²) in [6, 6.07) is 4.55. The number of thiophene rings is 1. The van der Waals surface area contributed by atoms with Crippen molar-refractivity contribution in [3.63, 3.8) is 0 Å². The number of carbonyl (C=O) groups excluding carboxylic acids is 1. The maximum atomic E-state index is 12.8. The number of hydrogen-bond donors (Lipinski definition) is 1. The highest BCUT2D eigenvalue weighted by Crippen LogP contribution is 2.56. The van der Waals surface area contributed by atoms with Crippen LogP contribution in [0.5, 0.6) is 0 Å². The van der Waals surface area contributed by atoms with Gasteiger partial charge in [0.2, 0.25) is 5.91 Å². The van der Waals surface area contributed by atoms with Gasteiger partial charge >= 0.3 is 0 Å². The van der Waals surface area contributed by atoms with Crippen LogP contribution in [-0.4, -0.2) is 52.1 Å². The van der Waals surface area contributed by atoms with Gasteiger partial charge in [-0.1, -0.05) is 11.8 Å². The van der Waals surface area contributed by atoms with Crippen LogP contribution in [0.1, 0.15) is 48.9 Å². The Morgan fingerprint density at radius 1 is 1.42 bits per heavy atom. The predicted molar refractivity (Wildman–Crippen MR) is 94.7 cm³/mol. The molecule has 3 aliphatic rings. The number of likely N-dealkylation sites (N-methyl/N-ethyl adjacent to an activating group) is 1. The first-order valence-corrected chi connectivity index (χ1v) is 9.50. The van der Waals surface area contributed by atoms with Crippen LogP contribution in [-0.2, 0) is 4.79 Å². The average Bonchev–Trinajstić information content (AvgIpc) is 3.22. The van der Waals surface area contributed by atoms with Gasteiger partial charge in [-0.05, 0) is 51.8 Å². The minimum absolute atomic E-state index is 0.234. The molecule has 5 heteroatoms. The molecule has 0 bridgehead atoms. The summed E-state index contributed by atoms with van der Waals surface area (Å²) >= 11 is 1.71. The zero-order chi connectivity index (χ0) is 17.1. The second-order valence-corrected chi connectivity index (χ2v) is 8.98. The van der Waals surface area contributed by atoms with Gasteiger partial charge in [-0.3, -0.25) is 9.69 Å². The number of likely N-dealkylation sites (tertiary alicyclic amines) is 1.